The highest BCUT2D eigenvalue weighted by atomic mass is 16.5. The van der Waals surface area contributed by atoms with Gasteiger partial charge in [-0.2, -0.15) is 0 Å². The summed E-state index contributed by atoms with van der Waals surface area (Å²) in [6.07, 6.45) is 7.48. The van der Waals surface area contributed by atoms with Gasteiger partial charge in [0.1, 0.15) is 5.82 Å². The summed E-state index contributed by atoms with van der Waals surface area (Å²) in [4.78, 5) is 7.07. The Morgan fingerprint density at radius 1 is 1.30 bits per heavy atom. The maximum Gasteiger partial charge on any atom is 0.128 e. The Morgan fingerprint density at radius 3 is 3.00 bits per heavy atom. The summed E-state index contributed by atoms with van der Waals surface area (Å²) in [5.74, 6) is 1.10. The first kappa shape index (κ1) is 16.9. The lowest BCUT2D eigenvalue weighted by Crippen LogP contribution is -2.51. The quantitative estimate of drug-likeness (QED) is 0.887. The second-order valence-electron chi connectivity index (χ2n) is 6.53. The molecule has 1 aromatic heterocycles. The highest BCUT2D eigenvalue weighted by Gasteiger charge is 2.35. The smallest absolute Gasteiger partial charge is 0.128 e. The largest absolute Gasteiger partial charge is 0.381 e. The molecule has 2 aliphatic rings. The van der Waals surface area contributed by atoms with Gasteiger partial charge in [0.05, 0.1) is 18.8 Å². The first-order chi connectivity index (χ1) is 11.3. The summed E-state index contributed by atoms with van der Waals surface area (Å²) < 4.78 is 13.8. The van der Waals surface area contributed by atoms with E-state index in [0.29, 0.717) is 6.04 Å². The van der Waals surface area contributed by atoms with E-state index in [1.807, 2.05) is 12.4 Å². The number of nitrogens with one attached hydrogen (secondary N) is 1. The standard InChI is InChI=1S/C17H30N4O2/c1-3-21-9-12-23-15(16(21)17-18-7-8-20(17)2)13-19-14-5-4-10-22-11-6-14/h7-8,14-16,19H,3-6,9-13H2,1-2H3/t14?,15-,16+/m0/s1. The van der Waals surface area contributed by atoms with Crippen LogP contribution in [0.3, 0.4) is 0 Å². The van der Waals surface area contributed by atoms with Gasteiger partial charge >= 0.3 is 0 Å². The zero-order valence-electron chi connectivity index (χ0n) is 14.4. The monoisotopic (exact) mass is 322 g/mol. The van der Waals surface area contributed by atoms with Gasteiger partial charge in [-0.05, 0) is 25.8 Å². The molecule has 6 heteroatoms. The number of ether oxygens (including phenoxy) is 2. The average Bonchev–Trinajstić information content (AvgIpc) is 2.84. The molecule has 0 aliphatic carbocycles. The van der Waals surface area contributed by atoms with Crippen molar-refractivity contribution in [3.05, 3.63) is 18.2 Å². The van der Waals surface area contributed by atoms with Crippen LogP contribution in [0.25, 0.3) is 0 Å². The Balaban J connectivity index is 1.66. The van der Waals surface area contributed by atoms with Gasteiger partial charge in [0.15, 0.2) is 0 Å². The van der Waals surface area contributed by atoms with Gasteiger partial charge in [0.25, 0.3) is 0 Å². The lowest BCUT2D eigenvalue weighted by molar-refractivity contribution is -0.0739. The maximum absolute atomic E-state index is 6.14. The molecule has 3 atom stereocenters. The second-order valence-corrected chi connectivity index (χ2v) is 6.53. The van der Waals surface area contributed by atoms with Crippen LogP contribution in [0.1, 0.15) is 38.1 Å². The summed E-state index contributed by atoms with van der Waals surface area (Å²) in [7, 11) is 2.07. The summed E-state index contributed by atoms with van der Waals surface area (Å²) >= 11 is 0. The summed E-state index contributed by atoms with van der Waals surface area (Å²) in [6.45, 7) is 7.66. The first-order valence-electron chi connectivity index (χ1n) is 8.93. The SMILES string of the molecule is CCN1CCO[C@@H](CNC2CCCOCC2)[C@@H]1c1nccn1C. The topological polar surface area (TPSA) is 51.6 Å². The molecular formula is C17H30N4O2. The molecule has 3 heterocycles. The fraction of sp³-hybridized carbons (Fsp3) is 0.824. The van der Waals surface area contributed by atoms with Crippen LogP contribution in [0, 0.1) is 0 Å². The molecule has 0 saturated carbocycles. The molecule has 2 fully saturated rings. The molecule has 1 N–H and O–H groups in total. The molecule has 0 radical (unpaired) electrons. The van der Waals surface area contributed by atoms with Crippen LogP contribution in [0.15, 0.2) is 12.4 Å². The molecule has 1 unspecified atom stereocenters. The highest BCUT2D eigenvalue weighted by molar-refractivity contribution is 5.04. The van der Waals surface area contributed by atoms with Gasteiger partial charge in [-0.15, -0.1) is 0 Å². The van der Waals surface area contributed by atoms with Crippen molar-refractivity contribution in [1.29, 1.82) is 0 Å². The third-order valence-electron chi connectivity index (χ3n) is 5.04. The number of morpholine rings is 1. The molecule has 0 aromatic carbocycles. The zero-order chi connectivity index (χ0) is 16.1. The van der Waals surface area contributed by atoms with Crippen molar-refractivity contribution < 1.29 is 9.47 Å². The van der Waals surface area contributed by atoms with Gasteiger partial charge in [0.2, 0.25) is 0 Å². The Kier molecular flexibility index (Phi) is 6.05. The van der Waals surface area contributed by atoms with Crippen molar-refractivity contribution in [1.82, 2.24) is 19.8 Å². The van der Waals surface area contributed by atoms with Crippen molar-refractivity contribution in [2.45, 2.75) is 44.4 Å². The molecule has 2 aliphatic heterocycles. The molecule has 3 rings (SSSR count). The lowest BCUT2D eigenvalue weighted by atomic mass is 10.0. The second kappa shape index (κ2) is 8.24. The number of aryl methyl sites for hydroxylation is 1. The molecule has 0 amide bonds. The first-order valence-corrected chi connectivity index (χ1v) is 8.93. The van der Waals surface area contributed by atoms with Crippen LogP contribution < -0.4 is 5.32 Å². The molecular weight excluding hydrogens is 292 g/mol. The molecule has 130 valence electrons. The van der Waals surface area contributed by atoms with Crippen LogP contribution in [0.2, 0.25) is 0 Å². The molecule has 1 aromatic rings. The zero-order valence-corrected chi connectivity index (χ0v) is 14.4. The van der Waals surface area contributed by atoms with E-state index < -0.39 is 0 Å². The maximum atomic E-state index is 6.14. The number of imidazole rings is 1. The van der Waals surface area contributed by atoms with Crippen molar-refractivity contribution in [2.24, 2.45) is 7.05 Å². The Labute approximate surface area is 139 Å². The third-order valence-corrected chi connectivity index (χ3v) is 5.04. The molecule has 2 saturated heterocycles. The molecule has 0 spiro atoms. The van der Waals surface area contributed by atoms with Crippen LogP contribution in [0.4, 0.5) is 0 Å². The summed E-state index contributed by atoms with van der Waals surface area (Å²) in [5, 5.41) is 3.72. The van der Waals surface area contributed by atoms with Gasteiger partial charge in [-0.25, -0.2) is 4.98 Å². The molecule has 23 heavy (non-hydrogen) atoms. The van der Waals surface area contributed by atoms with Crippen LogP contribution >= 0.6 is 0 Å². The van der Waals surface area contributed by atoms with E-state index in [1.54, 1.807) is 0 Å². The van der Waals surface area contributed by atoms with E-state index >= 15 is 0 Å². The predicted octanol–water partition coefficient (Wildman–Crippen LogP) is 1.34. The highest BCUT2D eigenvalue weighted by Crippen LogP contribution is 2.28. The number of hydrogen-bond donors (Lipinski definition) is 1. The number of aromatic nitrogens is 2. The van der Waals surface area contributed by atoms with Gasteiger partial charge in [-0.3, -0.25) is 4.90 Å². The minimum Gasteiger partial charge on any atom is -0.381 e. The van der Waals surface area contributed by atoms with Crippen LogP contribution in [0.5, 0.6) is 0 Å². The summed E-state index contributed by atoms with van der Waals surface area (Å²) in [5.41, 5.74) is 0. The van der Waals surface area contributed by atoms with E-state index in [4.69, 9.17) is 9.47 Å². The number of nitrogens with zero attached hydrogens (tertiary/aromatic N) is 3. The van der Waals surface area contributed by atoms with Crippen LogP contribution in [-0.4, -0.2) is 66.1 Å². The third kappa shape index (κ3) is 4.12. The van der Waals surface area contributed by atoms with E-state index in [9.17, 15) is 0 Å². The normalized spacial score (nSPS) is 30.3. The predicted molar refractivity (Wildman–Crippen MR) is 89.4 cm³/mol. The Hall–Kier alpha value is -0.950. The lowest BCUT2D eigenvalue weighted by Gasteiger charge is -2.40. The van der Waals surface area contributed by atoms with Crippen molar-refractivity contribution >= 4 is 0 Å². The Morgan fingerprint density at radius 2 is 2.22 bits per heavy atom. The number of likely N-dealkylation sites (N-methyl/N-ethyl adjacent to an activating group) is 1. The average molecular weight is 322 g/mol. The minimum atomic E-state index is 0.147. The number of hydrogen-bond acceptors (Lipinski definition) is 5. The fourth-order valence-electron chi connectivity index (χ4n) is 3.69. The van der Waals surface area contributed by atoms with Gasteiger partial charge < -0.3 is 19.4 Å². The Bertz CT molecular complexity index is 471. The summed E-state index contributed by atoms with van der Waals surface area (Å²) in [6, 6.07) is 0.767. The van der Waals surface area contributed by atoms with Crippen LogP contribution in [-0.2, 0) is 16.5 Å². The molecule has 6 nitrogen and oxygen atoms in total. The van der Waals surface area contributed by atoms with Crippen molar-refractivity contribution in [2.75, 3.05) is 39.5 Å². The van der Waals surface area contributed by atoms with E-state index in [2.05, 4.69) is 33.7 Å². The van der Waals surface area contributed by atoms with E-state index in [0.717, 1.165) is 58.1 Å². The van der Waals surface area contributed by atoms with E-state index in [1.165, 1.54) is 6.42 Å². The minimum absolute atomic E-state index is 0.147. The van der Waals surface area contributed by atoms with Gasteiger partial charge in [-0.1, -0.05) is 6.92 Å². The fourth-order valence-corrected chi connectivity index (χ4v) is 3.69. The number of rotatable bonds is 5. The van der Waals surface area contributed by atoms with Crippen molar-refractivity contribution in [3.8, 4) is 0 Å². The van der Waals surface area contributed by atoms with Gasteiger partial charge in [0, 0.05) is 51.8 Å². The van der Waals surface area contributed by atoms with E-state index in [-0.39, 0.29) is 12.1 Å². The molecule has 0 bridgehead atoms. The van der Waals surface area contributed by atoms with Crippen molar-refractivity contribution in [3.63, 3.8) is 0 Å².